The second-order valence-electron chi connectivity index (χ2n) is 3.42. The van der Waals surface area contributed by atoms with Crippen molar-refractivity contribution in [3.8, 4) is 5.75 Å². The van der Waals surface area contributed by atoms with E-state index in [1.165, 1.54) is 6.92 Å². The van der Waals surface area contributed by atoms with Crippen LogP contribution in [0.3, 0.4) is 0 Å². The van der Waals surface area contributed by atoms with Gasteiger partial charge in [-0.2, -0.15) is 0 Å². The third-order valence-electron chi connectivity index (χ3n) is 1.83. The first-order valence-corrected chi connectivity index (χ1v) is 4.92. The summed E-state index contributed by atoms with van der Waals surface area (Å²) in [6.45, 7) is 2.88. The van der Waals surface area contributed by atoms with Crippen molar-refractivity contribution >= 4 is 11.8 Å². The number of hydrogen-bond donors (Lipinski definition) is 0. The van der Waals surface area contributed by atoms with Crippen molar-refractivity contribution in [2.75, 3.05) is 13.2 Å². The number of esters is 1. The van der Waals surface area contributed by atoms with Gasteiger partial charge < -0.3 is 9.47 Å². The molecule has 1 aromatic rings. The number of carbonyl (C=O) groups is 2. The molecule has 0 spiro atoms. The number of aryl methyl sites for hydroxylation is 1. The third kappa shape index (κ3) is 4.59. The van der Waals surface area contributed by atoms with E-state index in [1.54, 1.807) is 6.07 Å². The van der Waals surface area contributed by atoms with Crippen LogP contribution in [0.15, 0.2) is 24.3 Å². The standard InChI is InChI=1S/C12H14O4/c1-9-4-3-5-12(6-9)16-8-11(14)7-15-10(2)13/h3-6H,7-8H2,1-2H3. The average Bonchev–Trinajstić information content (AvgIpc) is 2.23. The van der Waals surface area contributed by atoms with E-state index >= 15 is 0 Å². The van der Waals surface area contributed by atoms with Crippen LogP contribution in [0.2, 0.25) is 0 Å². The van der Waals surface area contributed by atoms with E-state index in [4.69, 9.17) is 4.74 Å². The molecule has 1 aromatic carbocycles. The highest BCUT2D eigenvalue weighted by Crippen LogP contribution is 2.11. The minimum Gasteiger partial charge on any atom is -0.486 e. The largest absolute Gasteiger partial charge is 0.486 e. The predicted molar refractivity (Wildman–Crippen MR) is 58.3 cm³/mol. The zero-order chi connectivity index (χ0) is 12.0. The predicted octanol–water partition coefficient (Wildman–Crippen LogP) is 1.51. The summed E-state index contributed by atoms with van der Waals surface area (Å²) in [6, 6.07) is 7.39. The van der Waals surface area contributed by atoms with E-state index in [1.807, 2.05) is 25.1 Å². The lowest BCUT2D eigenvalue weighted by molar-refractivity contribution is -0.146. The molecule has 4 heteroatoms. The molecule has 0 fully saturated rings. The molecule has 0 saturated heterocycles. The summed E-state index contributed by atoms with van der Waals surface area (Å²) in [4.78, 5) is 21.7. The summed E-state index contributed by atoms with van der Waals surface area (Å²) in [6.07, 6.45) is 0. The van der Waals surface area contributed by atoms with Gasteiger partial charge in [0.25, 0.3) is 0 Å². The van der Waals surface area contributed by atoms with Gasteiger partial charge in [0.2, 0.25) is 5.78 Å². The van der Waals surface area contributed by atoms with Crippen molar-refractivity contribution in [1.82, 2.24) is 0 Å². The molecule has 0 aliphatic rings. The summed E-state index contributed by atoms with van der Waals surface area (Å²) >= 11 is 0. The second kappa shape index (κ2) is 5.90. The Morgan fingerprint density at radius 1 is 1.25 bits per heavy atom. The number of carbonyl (C=O) groups excluding carboxylic acids is 2. The molecular formula is C12H14O4. The number of ketones is 1. The SMILES string of the molecule is CC(=O)OCC(=O)COc1cccc(C)c1. The molecule has 0 amide bonds. The molecule has 0 aliphatic heterocycles. The fourth-order valence-corrected chi connectivity index (χ4v) is 1.09. The lowest BCUT2D eigenvalue weighted by Gasteiger charge is -2.06. The summed E-state index contributed by atoms with van der Waals surface area (Å²) in [7, 11) is 0. The molecule has 0 atom stereocenters. The average molecular weight is 222 g/mol. The molecule has 0 aliphatic carbocycles. The Bertz CT molecular complexity index is 384. The highest BCUT2D eigenvalue weighted by molar-refractivity contribution is 5.83. The smallest absolute Gasteiger partial charge is 0.303 e. The normalized spacial score (nSPS) is 9.62. The highest BCUT2D eigenvalue weighted by atomic mass is 16.5. The maximum Gasteiger partial charge on any atom is 0.303 e. The topological polar surface area (TPSA) is 52.6 Å². The van der Waals surface area contributed by atoms with Gasteiger partial charge in [0.1, 0.15) is 12.4 Å². The van der Waals surface area contributed by atoms with E-state index in [-0.39, 0.29) is 19.0 Å². The number of rotatable bonds is 5. The summed E-state index contributed by atoms with van der Waals surface area (Å²) < 4.78 is 9.79. The van der Waals surface area contributed by atoms with Crippen LogP contribution in [0.25, 0.3) is 0 Å². The van der Waals surface area contributed by atoms with E-state index < -0.39 is 5.97 Å². The third-order valence-corrected chi connectivity index (χ3v) is 1.83. The highest BCUT2D eigenvalue weighted by Gasteiger charge is 2.05. The van der Waals surface area contributed by atoms with Gasteiger partial charge in [-0.3, -0.25) is 9.59 Å². The van der Waals surface area contributed by atoms with Crippen molar-refractivity contribution in [3.63, 3.8) is 0 Å². The molecule has 0 unspecified atom stereocenters. The lowest BCUT2D eigenvalue weighted by atomic mass is 10.2. The summed E-state index contributed by atoms with van der Waals surface area (Å²) in [5.74, 6) is -0.100. The van der Waals surface area contributed by atoms with E-state index in [9.17, 15) is 9.59 Å². The minimum atomic E-state index is -0.469. The lowest BCUT2D eigenvalue weighted by Crippen LogP contribution is -2.18. The van der Waals surface area contributed by atoms with Crippen molar-refractivity contribution < 1.29 is 19.1 Å². The Kier molecular flexibility index (Phi) is 4.51. The van der Waals surface area contributed by atoms with E-state index in [0.717, 1.165) is 5.56 Å². The molecule has 0 radical (unpaired) electrons. The van der Waals surface area contributed by atoms with Crippen molar-refractivity contribution in [2.45, 2.75) is 13.8 Å². The summed E-state index contributed by atoms with van der Waals surface area (Å²) in [5.41, 5.74) is 1.06. The van der Waals surface area contributed by atoms with Gasteiger partial charge in [0.15, 0.2) is 6.61 Å². The Balaban J connectivity index is 2.34. The first-order valence-electron chi connectivity index (χ1n) is 4.92. The number of benzene rings is 1. The monoisotopic (exact) mass is 222 g/mol. The van der Waals surface area contributed by atoms with Crippen LogP contribution in [0.4, 0.5) is 0 Å². The molecule has 16 heavy (non-hydrogen) atoms. The van der Waals surface area contributed by atoms with Crippen LogP contribution in [0.1, 0.15) is 12.5 Å². The molecule has 0 heterocycles. The molecule has 1 rings (SSSR count). The van der Waals surface area contributed by atoms with Gasteiger partial charge in [-0.25, -0.2) is 0 Å². The van der Waals surface area contributed by atoms with Gasteiger partial charge in [-0.05, 0) is 24.6 Å². The first-order chi connectivity index (χ1) is 7.58. The molecule has 0 N–H and O–H groups in total. The van der Waals surface area contributed by atoms with Crippen LogP contribution < -0.4 is 4.74 Å². The second-order valence-corrected chi connectivity index (χ2v) is 3.42. The van der Waals surface area contributed by atoms with Gasteiger partial charge in [0, 0.05) is 6.92 Å². The molecule has 86 valence electrons. The van der Waals surface area contributed by atoms with Crippen LogP contribution >= 0.6 is 0 Å². The molecular weight excluding hydrogens is 208 g/mol. The maximum atomic E-state index is 11.2. The van der Waals surface area contributed by atoms with Crippen molar-refractivity contribution in [3.05, 3.63) is 29.8 Å². The van der Waals surface area contributed by atoms with E-state index in [0.29, 0.717) is 5.75 Å². The van der Waals surface area contributed by atoms with E-state index in [2.05, 4.69) is 4.74 Å². The van der Waals surface area contributed by atoms with Gasteiger partial charge in [0.05, 0.1) is 0 Å². The van der Waals surface area contributed by atoms with Gasteiger partial charge in [-0.15, -0.1) is 0 Å². The Labute approximate surface area is 94.2 Å². The van der Waals surface area contributed by atoms with Gasteiger partial charge >= 0.3 is 5.97 Å². The first kappa shape index (κ1) is 12.2. The Hall–Kier alpha value is -1.84. The van der Waals surface area contributed by atoms with Gasteiger partial charge in [-0.1, -0.05) is 12.1 Å². The quantitative estimate of drug-likeness (QED) is 0.708. The molecule has 0 aromatic heterocycles. The van der Waals surface area contributed by atoms with Crippen LogP contribution in [-0.4, -0.2) is 25.0 Å². The van der Waals surface area contributed by atoms with Crippen LogP contribution in [-0.2, 0) is 14.3 Å². The van der Waals surface area contributed by atoms with Crippen LogP contribution in [0, 0.1) is 6.92 Å². The molecule has 4 nitrogen and oxygen atoms in total. The zero-order valence-electron chi connectivity index (χ0n) is 9.36. The number of Topliss-reactive ketones (excluding diaryl/α,β-unsaturated/α-hetero) is 1. The molecule has 0 bridgehead atoms. The Morgan fingerprint density at radius 2 is 2.00 bits per heavy atom. The number of ether oxygens (including phenoxy) is 2. The maximum absolute atomic E-state index is 11.2. The van der Waals surface area contributed by atoms with Crippen molar-refractivity contribution in [2.24, 2.45) is 0 Å². The van der Waals surface area contributed by atoms with Crippen LogP contribution in [0.5, 0.6) is 5.75 Å². The Morgan fingerprint density at radius 3 is 2.62 bits per heavy atom. The molecule has 0 saturated carbocycles. The number of hydrogen-bond acceptors (Lipinski definition) is 4. The fraction of sp³-hybridized carbons (Fsp3) is 0.333. The minimum absolute atomic E-state index is 0.0866. The zero-order valence-corrected chi connectivity index (χ0v) is 9.36. The fourth-order valence-electron chi connectivity index (χ4n) is 1.09. The summed E-state index contributed by atoms with van der Waals surface area (Å²) in [5, 5.41) is 0. The van der Waals surface area contributed by atoms with Crippen molar-refractivity contribution in [1.29, 1.82) is 0 Å².